The Labute approximate surface area is 171 Å². The first-order chi connectivity index (χ1) is 14.0. The van der Waals surface area contributed by atoms with Crippen molar-refractivity contribution in [1.82, 2.24) is 10.6 Å². The predicted molar refractivity (Wildman–Crippen MR) is 115 cm³/mol. The quantitative estimate of drug-likeness (QED) is 0.493. The van der Waals surface area contributed by atoms with Gasteiger partial charge >= 0.3 is 0 Å². The molecule has 1 fully saturated rings. The third-order valence-electron chi connectivity index (χ3n) is 5.35. The number of amides is 1. The Morgan fingerprint density at radius 2 is 2.00 bits per heavy atom. The summed E-state index contributed by atoms with van der Waals surface area (Å²) in [4.78, 5) is 16.4. The van der Waals surface area contributed by atoms with Gasteiger partial charge in [0.05, 0.1) is 0 Å². The maximum Gasteiger partial charge on any atom is 0.227 e. The fourth-order valence-electron chi connectivity index (χ4n) is 3.34. The smallest absolute Gasteiger partial charge is 0.227 e. The molecule has 0 saturated heterocycles. The average molecular weight is 397 g/mol. The van der Waals surface area contributed by atoms with E-state index in [0.717, 1.165) is 48.1 Å². The number of nitrogens with zero attached hydrogens (tertiary/aromatic N) is 1. The Kier molecular flexibility index (Phi) is 7.22. The number of carbonyl (C=O) groups excluding carboxylic acids is 1. The third kappa shape index (κ3) is 6.04. The van der Waals surface area contributed by atoms with Gasteiger partial charge < -0.3 is 16.0 Å². The van der Waals surface area contributed by atoms with Gasteiger partial charge in [-0.05, 0) is 67.1 Å². The number of carbonyl (C=O) groups is 1. The van der Waals surface area contributed by atoms with E-state index in [-0.39, 0.29) is 17.6 Å². The lowest BCUT2D eigenvalue weighted by atomic mass is 9.85. The van der Waals surface area contributed by atoms with Crippen molar-refractivity contribution >= 4 is 17.6 Å². The number of anilines is 1. The monoisotopic (exact) mass is 396 g/mol. The van der Waals surface area contributed by atoms with Gasteiger partial charge in [-0.25, -0.2) is 4.39 Å². The zero-order valence-electron chi connectivity index (χ0n) is 17.1. The van der Waals surface area contributed by atoms with Crippen molar-refractivity contribution in [2.45, 2.75) is 39.2 Å². The standard InChI is InChI=1S/C23H29FN4O/c1-16-13-20(24)10-9-18(16)11-12-26-23(25-2)27-15-17-5-3-8-21(14-17)28-22(29)19-6-4-7-19/h3,5,8-10,13-14,19H,4,6-7,11-12,15H2,1-2H3,(H,28,29)(H2,25,26,27). The summed E-state index contributed by atoms with van der Waals surface area (Å²) in [6.07, 6.45) is 3.92. The minimum Gasteiger partial charge on any atom is -0.356 e. The second-order valence-electron chi connectivity index (χ2n) is 7.49. The number of hydrogen-bond donors (Lipinski definition) is 3. The van der Waals surface area contributed by atoms with Gasteiger partial charge in [-0.3, -0.25) is 9.79 Å². The van der Waals surface area contributed by atoms with Gasteiger partial charge in [-0.15, -0.1) is 0 Å². The summed E-state index contributed by atoms with van der Waals surface area (Å²) in [5.74, 6) is 0.788. The van der Waals surface area contributed by atoms with Crippen molar-refractivity contribution in [2.75, 3.05) is 18.9 Å². The molecule has 0 atom stereocenters. The lowest BCUT2D eigenvalue weighted by Gasteiger charge is -2.24. The summed E-state index contributed by atoms with van der Waals surface area (Å²) in [7, 11) is 1.73. The fraction of sp³-hybridized carbons (Fsp3) is 0.391. The molecular weight excluding hydrogens is 367 g/mol. The molecule has 6 heteroatoms. The SMILES string of the molecule is CN=C(NCCc1ccc(F)cc1C)NCc1cccc(NC(=O)C2CCC2)c1. The molecule has 1 saturated carbocycles. The number of aryl methyl sites for hydroxylation is 1. The second-order valence-corrected chi connectivity index (χ2v) is 7.49. The van der Waals surface area contributed by atoms with E-state index in [0.29, 0.717) is 19.0 Å². The number of benzene rings is 2. The van der Waals surface area contributed by atoms with E-state index in [2.05, 4.69) is 20.9 Å². The van der Waals surface area contributed by atoms with Crippen molar-refractivity contribution in [3.8, 4) is 0 Å². The van der Waals surface area contributed by atoms with E-state index in [4.69, 9.17) is 0 Å². The minimum absolute atomic E-state index is 0.120. The molecule has 3 N–H and O–H groups in total. The molecule has 1 amide bonds. The van der Waals surface area contributed by atoms with E-state index in [9.17, 15) is 9.18 Å². The van der Waals surface area contributed by atoms with Crippen LogP contribution in [0.25, 0.3) is 0 Å². The van der Waals surface area contributed by atoms with Gasteiger partial charge in [0.15, 0.2) is 5.96 Å². The number of guanidine groups is 1. The zero-order valence-corrected chi connectivity index (χ0v) is 17.1. The van der Waals surface area contributed by atoms with Crippen LogP contribution in [0.1, 0.15) is 36.0 Å². The minimum atomic E-state index is -0.206. The highest BCUT2D eigenvalue weighted by molar-refractivity contribution is 5.93. The Hall–Kier alpha value is -2.89. The highest BCUT2D eigenvalue weighted by Gasteiger charge is 2.25. The molecule has 154 valence electrons. The van der Waals surface area contributed by atoms with Crippen LogP contribution in [0.5, 0.6) is 0 Å². The molecule has 1 aliphatic rings. The first-order valence-electron chi connectivity index (χ1n) is 10.1. The summed E-state index contributed by atoms with van der Waals surface area (Å²) in [5.41, 5.74) is 3.96. The summed E-state index contributed by atoms with van der Waals surface area (Å²) >= 11 is 0. The summed E-state index contributed by atoms with van der Waals surface area (Å²) in [6, 6.07) is 12.7. The maximum atomic E-state index is 13.2. The average Bonchev–Trinajstić information content (AvgIpc) is 2.65. The van der Waals surface area contributed by atoms with Gasteiger partial charge in [0.2, 0.25) is 5.91 Å². The normalized spacial score (nSPS) is 14.2. The summed E-state index contributed by atoms with van der Waals surface area (Å²) in [6.45, 7) is 3.22. The van der Waals surface area contributed by atoms with Crippen LogP contribution < -0.4 is 16.0 Å². The number of aliphatic imine (C=N–C) groups is 1. The Morgan fingerprint density at radius 3 is 2.69 bits per heavy atom. The first kappa shape index (κ1) is 20.8. The van der Waals surface area contributed by atoms with Crippen LogP contribution in [0.3, 0.4) is 0 Å². The van der Waals surface area contributed by atoms with Crippen LogP contribution in [0, 0.1) is 18.7 Å². The molecule has 0 radical (unpaired) electrons. The molecule has 0 aromatic heterocycles. The number of halogens is 1. The predicted octanol–water partition coefficient (Wildman–Crippen LogP) is 3.78. The Bertz CT molecular complexity index is 877. The van der Waals surface area contributed by atoms with Gasteiger partial charge in [-0.2, -0.15) is 0 Å². The van der Waals surface area contributed by atoms with Crippen molar-refractivity contribution in [2.24, 2.45) is 10.9 Å². The van der Waals surface area contributed by atoms with E-state index in [1.807, 2.05) is 37.3 Å². The fourth-order valence-corrected chi connectivity index (χ4v) is 3.34. The second kappa shape index (κ2) is 10.0. The topological polar surface area (TPSA) is 65.5 Å². The van der Waals surface area contributed by atoms with Gasteiger partial charge in [-0.1, -0.05) is 24.6 Å². The number of rotatable bonds is 7. The van der Waals surface area contributed by atoms with E-state index >= 15 is 0 Å². The van der Waals surface area contributed by atoms with Gasteiger partial charge in [0.1, 0.15) is 5.82 Å². The molecule has 0 heterocycles. The van der Waals surface area contributed by atoms with Crippen LogP contribution >= 0.6 is 0 Å². The van der Waals surface area contributed by atoms with E-state index in [1.54, 1.807) is 13.1 Å². The van der Waals surface area contributed by atoms with Crippen molar-refractivity contribution in [1.29, 1.82) is 0 Å². The largest absolute Gasteiger partial charge is 0.356 e. The molecule has 0 unspecified atom stereocenters. The molecule has 2 aromatic carbocycles. The first-order valence-corrected chi connectivity index (χ1v) is 10.1. The molecule has 29 heavy (non-hydrogen) atoms. The molecule has 3 rings (SSSR count). The van der Waals surface area contributed by atoms with Crippen molar-refractivity contribution in [3.05, 3.63) is 65.0 Å². The lowest BCUT2D eigenvalue weighted by Crippen LogP contribution is -2.37. The maximum absolute atomic E-state index is 13.2. The van der Waals surface area contributed by atoms with Crippen LogP contribution in [0.2, 0.25) is 0 Å². The lowest BCUT2D eigenvalue weighted by molar-refractivity contribution is -0.122. The van der Waals surface area contributed by atoms with Crippen LogP contribution in [-0.4, -0.2) is 25.5 Å². The molecule has 0 aliphatic heterocycles. The van der Waals surface area contributed by atoms with E-state index in [1.165, 1.54) is 6.07 Å². The molecule has 1 aliphatic carbocycles. The molecule has 0 bridgehead atoms. The molecule has 2 aromatic rings. The van der Waals surface area contributed by atoms with Crippen LogP contribution in [0.15, 0.2) is 47.5 Å². The Morgan fingerprint density at radius 1 is 1.17 bits per heavy atom. The number of nitrogens with one attached hydrogen (secondary N) is 3. The van der Waals surface area contributed by atoms with E-state index < -0.39 is 0 Å². The zero-order chi connectivity index (χ0) is 20.6. The molecule has 0 spiro atoms. The molecule has 5 nitrogen and oxygen atoms in total. The van der Waals surface area contributed by atoms with Gasteiger partial charge in [0, 0.05) is 31.7 Å². The van der Waals surface area contributed by atoms with Gasteiger partial charge in [0.25, 0.3) is 0 Å². The van der Waals surface area contributed by atoms with Crippen molar-refractivity contribution < 1.29 is 9.18 Å². The molecular formula is C23H29FN4O. The van der Waals surface area contributed by atoms with Crippen molar-refractivity contribution in [3.63, 3.8) is 0 Å². The summed E-state index contributed by atoms with van der Waals surface area (Å²) < 4.78 is 13.2. The number of hydrogen-bond acceptors (Lipinski definition) is 2. The third-order valence-corrected chi connectivity index (χ3v) is 5.35. The highest BCUT2D eigenvalue weighted by Crippen LogP contribution is 2.27. The Balaban J connectivity index is 1.46. The van der Waals surface area contributed by atoms with Crippen LogP contribution in [-0.2, 0) is 17.8 Å². The summed E-state index contributed by atoms with van der Waals surface area (Å²) in [5, 5.41) is 9.58. The van der Waals surface area contributed by atoms with Crippen LogP contribution in [0.4, 0.5) is 10.1 Å². The highest BCUT2D eigenvalue weighted by atomic mass is 19.1.